The number of halogens is 17. The van der Waals surface area contributed by atoms with Crippen LogP contribution >= 0.6 is 31.8 Å². The van der Waals surface area contributed by atoms with Gasteiger partial charge in [-0.2, -0.15) is 52.7 Å². The van der Waals surface area contributed by atoms with E-state index in [0.717, 1.165) is 0 Å². The molecule has 0 aliphatic heterocycles. The third kappa shape index (κ3) is 12.6. The smallest absolute Gasteiger partial charge is 0.870 e. The van der Waals surface area contributed by atoms with Crippen molar-refractivity contribution in [1.29, 1.82) is 1.28 Å². The van der Waals surface area contributed by atoms with E-state index in [9.17, 15) is 70.2 Å². The van der Waals surface area contributed by atoms with Crippen molar-refractivity contribution >= 4 is 31.8 Å². The van der Waals surface area contributed by atoms with E-state index in [1.807, 2.05) is 6.66 Å². The molecule has 31 heavy (non-hydrogen) atoms. The van der Waals surface area contributed by atoms with Gasteiger partial charge in [-0.25, -0.2) is 17.6 Å². The number of hydrogen-bond donors (Lipinski definition) is 0. The molecule has 1 nitrogen and oxygen atoms in total. The fourth-order valence-electron chi connectivity index (χ4n) is 1.04. The van der Waals surface area contributed by atoms with Crippen LogP contribution in [0.5, 0.6) is 0 Å². The van der Waals surface area contributed by atoms with E-state index in [1.54, 1.807) is 0 Å². The maximum Gasteiger partial charge on any atom is 1.00 e. The molecular formula is C11H13F16IKOP. The van der Waals surface area contributed by atoms with Crippen LogP contribution in [0.4, 0.5) is 70.2 Å². The number of rotatable bonds is 3. The average molecular weight is 665 g/mol. The Labute approximate surface area is 225 Å². The van der Waals surface area contributed by atoms with Gasteiger partial charge in [0.05, 0.1) is 7.61 Å². The number of alkyl halides is 16. The van der Waals surface area contributed by atoms with Crippen LogP contribution in [0.25, 0.3) is 0 Å². The quantitative estimate of drug-likeness (QED) is 0.140. The summed E-state index contributed by atoms with van der Waals surface area (Å²) in [4.78, 5) is 0. The Morgan fingerprint density at radius 2 is 1.10 bits per heavy atom. The number of hydrogen-bond acceptors (Lipinski definition) is 1. The van der Waals surface area contributed by atoms with Crippen LogP contribution in [-0.2, 0) is 0 Å². The summed E-state index contributed by atoms with van der Waals surface area (Å²) < 4.78 is 191. The predicted octanol–water partition coefficient (Wildman–Crippen LogP) is 4.81. The zero-order chi connectivity index (χ0) is 25.4. The summed E-state index contributed by atoms with van der Waals surface area (Å²) in [6.45, 7) is 1.82. The van der Waals surface area contributed by atoms with Crippen LogP contribution in [0.3, 0.4) is 0 Å². The second kappa shape index (κ2) is 15.4. The van der Waals surface area contributed by atoms with E-state index >= 15 is 0 Å². The minimum Gasteiger partial charge on any atom is -0.870 e. The summed E-state index contributed by atoms with van der Waals surface area (Å²) in [5, 5.41) is 0. The van der Waals surface area contributed by atoms with Crippen molar-refractivity contribution in [1.82, 2.24) is 0 Å². The summed E-state index contributed by atoms with van der Waals surface area (Å²) in [5.41, 5.74) is -11.1. The molecule has 2 unspecified atom stereocenters. The Balaban J connectivity index is -0.0000000912. The van der Waals surface area contributed by atoms with E-state index in [-0.39, 0.29) is 58.3 Å². The van der Waals surface area contributed by atoms with Gasteiger partial charge in [0.25, 0.3) is 0 Å². The average Bonchev–Trinajstić information content (AvgIpc) is 2.43. The van der Waals surface area contributed by atoms with Crippen LogP contribution in [0, 0.1) is 0 Å². The molecule has 0 aromatic carbocycles. The molecule has 0 amide bonds. The molecule has 188 valence electrons. The van der Waals surface area contributed by atoms with Crippen LogP contribution in [0.15, 0.2) is 12.4 Å². The van der Waals surface area contributed by atoms with Crippen LogP contribution in [0.2, 0.25) is 0 Å². The van der Waals surface area contributed by atoms with Gasteiger partial charge in [-0.05, 0) is 28.7 Å². The van der Waals surface area contributed by atoms with E-state index in [4.69, 9.17) is 1.28 Å². The summed E-state index contributed by atoms with van der Waals surface area (Å²) in [6.07, 6.45) is -29.4. The Kier molecular flexibility index (Phi) is 19.6. The molecule has 1 N–H and O–H groups in total. The topological polar surface area (TPSA) is 30.0 Å². The van der Waals surface area contributed by atoms with E-state index in [0.29, 0.717) is 31.8 Å². The molecule has 2 atom stereocenters. The first kappa shape index (κ1) is 39.6. The fourth-order valence-corrected chi connectivity index (χ4v) is 1.65. The first-order valence-electron chi connectivity index (χ1n) is 6.68. The first-order valence-corrected chi connectivity index (χ1v) is 8.43. The minimum absolute atomic E-state index is 0. The van der Waals surface area contributed by atoms with E-state index in [2.05, 4.69) is 0 Å². The molecule has 0 heterocycles. The zero-order valence-corrected chi connectivity index (χ0v) is 21.1. The molecule has 0 aliphatic carbocycles. The van der Waals surface area contributed by atoms with Crippen molar-refractivity contribution in [3.8, 4) is 0 Å². The summed E-state index contributed by atoms with van der Waals surface area (Å²) in [5.74, 6) is 0. The fraction of sp³-hybridized carbons (Fsp3) is 0.818. The van der Waals surface area contributed by atoms with E-state index < -0.39 is 59.0 Å². The normalized spacial score (nSPS) is 15.1. The second-order valence-corrected chi connectivity index (χ2v) is 5.74. The zero-order valence-electron chi connectivity index (χ0n) is 15.8. The summed E-state index contributed by atoms with van der Waals surface area (Å²) in [7, 11) is 0.333. The van der Waals surface area contributed by atoms with Crippen molar-refractivity contribution in [3.63, 3.8) is 0 Å². The Bertz CT molecular complexity index is 495. The minimum atomic E-state index is -6.23. The largest absolute Gasteiger partial charge is 1.00 e. The third-order valence-electron chi connectivity index (χ3n) is 2.45. The van der Waals surface area contributed by atoms with Crippen molar-refractivity contribution in [2.75, 3.05) is 6.66 Å². The molecule has 0 spiro atoms. The van der Waals surface area contributed by atoms with Crippen molar-refractivity contribution in [3.05, 3.63) is 12.4 Å². The molecule has 0 aromatic heterocycles. The monoisotopic (exact) mass is 665 g/mol. The summed E-state index contributed by atoms with van der Waals surface area (Å²) in [6, 6.07) is 0. The van der Waals surface area contributed by atoms with Crippen molar-refractivity contribution in [2.45, 2.75) is 46.6 Å². The molecular weight excluding hydrogens is 649 g/mol. The SMILES string of the molecule is F/C=C/C(F)(C(F)(F)F)C(F)(F)F.FC(I)CC(F)(C(F)(F)F)C(F)(F)F.[2HH].[3H]PC.[K+].[OH-]. The van der Waals surface area contributed by atoms with Gasteiger partial charge in [0.2, 0.25) is 0 Å². The Morgan fingerprint density at radius 3 is 1.16 bits per heavy atom. The molecule has 0 fully saturated rings. The van der Waals surface area contributed by atoms with Crippen LogP contribution in [0.1, 0.15) is 7.85 Å². The second-order valence-electron chi connectivity index (χ2n) is 4.39. The number of allylic oxidation sites excluding steroid dienone is 1. The van der Waals surface area contributed by atoms with Gasteiger partial charge in [0, 0.05) is 7.85 Å². The molecule has 0 rings (SSSR count). The molecule has 0 saturated carbocycles. The van der Waals surface area contributed by atoms with Crippen LogP contribution in [-0.4, -0.2) is 53.6 Å². The molecule has 0 saturated heterocycles. The van der Waals surface area contributed by atoms with Crippen molar-refractivity contribution < 1.29 is 129 Å². The molecule has 20 heteroatoms. The van der Waals surface area contributed by atoms with Gasteiger partial charge < -0.3 is 5.48 Å². The van der Waals surface area contributed by atoms with Gasteiger partial charge in [-0.1, -0.05) is 6.66 Å². The van der Waals surface area contributed by atoms with Gasteiger partial charge >= 0.3 is 87.4 Å². The Morgan fingerprint density at radius 1 is 0.839 bits per heavy atom. The van der Waals surface area contributed by atoms with Crippen LogP contribution < -0.4 is 51.4 Å². The van der Waals surface area contributed by atoms with Crippen molar-refractivity contribution in [2.24, 2.45) is 0 Å². The van der Waals surface area contributed by atoms with Gasteiger partial charge in [0.15, 0.2) is 4.18 Å². The first-order chi connectivity index (χ1) is 12.9. The maximum absolute atomic E-state index is 12.6. The standard InChI is InChI=1S/C5H3F8I.C5H2F8.CH5P.K.H2O.H2/c6-2(14)1-3(7,4(8,9)10)5(11,12)13;6-2-1-3(7,4(8,9)10)5(11,12)13;1-2;;;/h2H,1H2;1-2H;2H2,1H3;;1H2;1H/q;;;+1;;/p-1/b;2-1+;;;;/i;;2T;;;1+1. The Hall–Kier alpha value is 1.38. The predicted molar refractivity (Wildman–Crippen MR) is 85.4 cm³/mol. The molecule has 0 radical (unpaired) electrons. The molecule has 0 aromatic rings. The third-order valence-corrected chi connectivity index (χ3v) is 2.89. The molecule has 0 bridgehead atoms. The van der Waals surface area contributed by atoms with Gasteiger partial charge in [0.1, 0.15) is 0 Å². The summed E-state index contributed by atoms with van der Waals surface area (Å²) >= 11 is 0.641. The van der Waals surface area contributed by atoms with Gasteiger partial charge in [-0.3, -0.25) is 0 Å². The van der Waals surface area contributed by atoms with Gasteiger partial charge in [-0.15, -0.1) is 9.18 Å². The maximum atomic E-state index is 12.6. The van der Waals surface area contributed by atoms with E-state index in [1.165, 1.54) is 0 Å². The molecule has 0 aliphatic rings.